The number of nitrogens with zero attached hydrogens (tertiary/aromatic N) is 4. The third kappa shape index (κ3) is 2.16. The fourth-order valence-corrected chi connectivity index (χ4v) is 1.17. The monoisotopic (exact) mass is 204 g/mol. The molecule has 0 saturated heterocycles. The van der Waals surface area contributed by atoms with Gasteiger partial charge >= 0.3 is 5.97 Å². The lowest BCUT2D eigenvalue weighted by atomic mass is 10.3. The van der Waals surface area contributed by atoms with Gasteiger partial charge in [-0.3, -0.25) is 0 Å². The molecule has 0 aliphatic rings. The lowest BCUT2D eigenvalue weighted by Gasteiger charge is -2.01. The third-order valence-corrected chi connectivity index (χ3v) is 1.82. The molecule has 76 valence electrons. The van der Waals surface area contributed by atoms with Crippen molar-refractivity contribution in [2.75, 3.05) is 0 Å². The van der Waals surface area contributed by atoms with Crippen LogP contribution in [0.4, 0.5) is 0 Å². The molecule has 0 aromatic carbocycles. The maximum Gasteiger partial charge on any atom is 0.354 e. The van der Waals surface area contributed by atoms with Gasteiger partial charge in [-0.2, -0.15) is 5.10 Å². The first-order valence-corrected chi connectivity index (χ1v) is 4.27. The second kappa shape index (κ2) is 3.87. The topological polar surface area (TPSA) is 80.9 Å². The standard InChI is InChI=1S/C9H8N4O2/c14-9(15)8-3-1-2-7(12-8)4-13-6-10-5-11-13/h1-3,5-6H,4H2,(H,14,15). The smallest absolute Gasteiger partial charge is 0.354 e. The second-order valence-electron chi connectivity index (χ2n) is 2.91. The van der Waals surface area contributed by atoms with Crippen molar-refractivity contribution in [3.8, 4) is 0 Å². The Bertz CT molecular complexity index is 467. The molecule has 0 radical (unpaired) electrons. The fraction of sp³-hybridized carbons (Fsp3) is 0.111. The quantitative estimate of drug-likeness (QED) is 0.783. The van der Waals surface area contributed by atoms with Gasteiger partial charge in [0.25, 0.3) is 0 Å². The minimum atomic E-state index is -1.03. The van der Waals surface area contributed by atoms with E-state index in [-0.39, 0.29) is 5.69 Å². The van der Waals surface area contributed by atoms with Crippen LogP contribution in [0, 0.1) is 0 Å². The van der Waals surface area contributed by atoms with E-state index >= 15 is 0 Å². The average molecular weight is 204 g/mol. The van der Waals surface area contributed by atoms with Gasteiger partial charge in [-0.25, -0.2) is 19.4 Å². The molecule has 0 fully saturated rings. The lowest BCUT2D eigenvalue weighted by Crippen LogP contribution is -2.06. The molecule has 2 aromatic heterocycles. The van der Waals surface area contributed by atoms with Crippen molar-refractivity contribution in [2.45, 2.75) is 6.54 Å². The third-order valence-electron chi connectivity index (χ3n) is 1.82. The van der Waals surface area contributed by atoms with E-state index in [1.165, 1.54) is 12.4 Å². The van der Waals surface area contributed by atoms with Crippen LogP contribution < -0.4 is 0 Å². The number of hydrogen-bond donors (Lipinski definition) is 1. The Kier molecular flexibility index (Phi) is 2.40. The number of hydrogen-bond acceptors (Lipinski definition) is 4. The molecule has 2 rings (SSSR count). The van der Waals surface area contributed by atoms with Crippen LogP contribution in [0.1, 0.15) is 16.2 Å². The molecule has 0 spiro atoms. The zero-order chi connectivity index (χ0) is 10.7. The van der Waals surface area contributed by atoms with Crippen molar-refractivity contribution in [1.82, 2.24) is 19.7 Å². The van der Waals surface area contributed by atoms with Crippen molar-refractivity contribution in [3.63, 3.8) is 0 Å². The van der Waals surface area contributed by atoms with Crippen molar-refractivity contribution < 1.29 is 9.90 Å². The lowest BCUT2D eigenvalue weighted by molar-refractivity contribution is 0.0690. The van der Waals surface area contributed by atoms with Crippen LogP contribution in [-0.4, -0.2) is 30.8 Å². The van der Waals surface area contributed by atoms with Gasteiger partial charge < -0.3 is 5.11 Å². The molecule has 2 heterocycles. The minimum Gasteiger partial charge on any atom is -0.477 e. The van der Waals surface area contributed by atoms with E-state index in [0.717, 1.165) is 0 Å². The largest absolute Gasteiger partial charge is 0.477 e. The SMILES string of the molecule is O=C(O)c1cccc(Cn2cncn2)n1. The Morgan fingerprint density at radius 3 is 3.00 bits per heavy atom. The molecular weight excluding hydrogens is 196 g/mol. The molecule has 0 amide bonds. The summed E-state index contributed by atoms with van der Waals surface area (Å²) in [5.74, 6) is -1.03. The summed E-state index contributed by atoms with van der Waals surface area (Å²) in [4.78, 5) is 18.4. The molecule has 0 bridgehead atoms. The van der Waals surface area contributed by atoms with Gasteiger partial charge in [0, 0.05) is 0 Å². The Labute approximate surface area is 85.2 Å². The highest BCUT2D eigenvalue weighted by atomic mass is 16.4. The summed E-state index contributed by atoms with van der Waals surface area (Å²) in [6.45, 7) is 0.418. The van der Waals surface area contributed by atoms with Gasteiger partial charge in [0.15, 0.2) is 0 Å². The molecule has 2 aromatic rings. The summed E-state index contributed by atoms with van der Waals surface area (Å²) >= 11 is 0. The molecule has 0 atom stereocenters. The predicted octanol–water partition coefficient (Wildman–Crippen LogP) is 0.420. The number of aromatic carboxylic acids is 1. The number of carbonyl (C=O) groups is 1. The number of carboxylic acids is 1. The Hall–Kier alpha value is -2.24. The van der Waals surface area contributed by atoms with Crippen LogP contribution in [-0.2, 0) is 6.54 Å². The minimum absolute atomic E-state index is 0.0348. The van der Waals surface area contributed by atoms with E-state index in [0.29, 0.717) is 12.2 Å². The van der Waals surface area contributed by atoms with E-state index in [1.54, 1.807) is 23.1 Å². The zero-order valence-corrected chi connectivity index (χ0v) is 7.74. The highest BCUT2D eigenvalue weighted by molar-refractivity contribution is 5.85. The van der Waals surface area contributed by atoms with Crippen molar-refractivity contribution in [1.29, 1.82) is 0 Å². The fourth-order valence-electron chi connectivity index (χ4n) is 1.17. The molecule has 0 unspecified atom stereocenters. The predicted molar refractivity (Wildman–Crippen MR) is 50.3 cm³/mol. The summed E-state index contributed by atoms with van der Waals surface area (Å²) in [5, 5.41) is 12.6. The molecule has 0 aliphatic heterocycles. The van der Waals surface area contributed by atoms with Crippen LogP contribution in [0.3, 0.4) is 0 Å². The second-order valence-corrected chi connectivity index (χ2v) is 2.91. The van der Waals surface area contributed by atoms with Crippen LogP contribution >= 0.6 is 0 Å². The highest BCUT2D eigenvalue weighted by Crippen LogP contribution is 2.01. The van der Waals surface area contributed by atoms with E-state index in [4.69, 9.17) is 5.11 Å². The maximum absolute atomic E-state index is 10.7. The number of pyridine rings is 1. The van der Waals surface area contributed by atoms with Crippen molar-refractivity contribution >= 4 is 5.97 Å². The van der Waals surface area contributed by atoms with Crippen LogP contribution in [0.15, 0.2) is 30.9 Å². The molecule has 6 heteroatoms. The van der Waals surface area contributed by atoms with Crippen molar-refractivity contribution in [3.05, 3.63) is 42.2 Å². The normalized spacial score (nSPS) is 10.1. The Balaban J connectivity index is 2.22. The van der Waals surface area contributed by atoms with Gasteiger partial charge in [-0.15, -0.1) is 0 Å². The first kappa shape index (κ1) is 9.32. The van der Waals surface area contributed by atoms with Crippen LogP contribution in [0.2, 0.25) is 0 Å². The molecule has 6 nitrogen and oxygen atoms in total. The van der Waals surface area contributed by atoms with E-state index in [1.807, 2.05) is 0 Å². The highest BCUT2D eigenvalue weighted by Gasteiger charge is 2.05. The summed E-state index contributed by atoms with van der Waals surface area (Å²) in [5.41, 5.74) is 0.674. The van der Waals surface area contributed by atoms with Gasteiger partial charge in [0.1, 0.15) is 18.3 Å². The van der Waals surface area contributed by atoms with Gasteiger partial charge in [0.05, 0.1) is 12.2 Å². The number of aromatic nitrogens is 4. The average Bonchev–Trinajstić information content (AvgIpc) is 2.71. The number of carboxylic acid groups (broad SMARTS) is 1. The Morgan fingerprint density at radius 2 is 2.33 bits per heavy atom. The summed E-state index contributed by atoms with van der Waals surface area (Å²) in [7, 11) is 0. The molecular formula is C9H8N4O2. The van der Waals surface area contributed by atoms with Crippen LogP contribution in [0.5, 0.6) is 0 Å². The molecule has 0 saturated carbocycles. The summed E-state index contributed by atoms with van der Waals surface area (Å²) < 4.78 is 1.58. The van der Waals surface area contributed by atoms with Crippen LogP contribution in [0.25, 0.3) is 0 Å². The molecule has 15 heavy (non-hydrogen) atoms. The maximum atomic E-state index is 10.7. The van der Waals surface area contributed by atoms with Gasteiger partial charge in [-0.1, -0.05) is 6.07 Å². The first-order valence-electron chi connectivity index (χ1n) is 4.27. The first-order chi connectivity index (χ1) is 7.25. The molecule has 0 aliphatic carbocycles. The van der Waals surface area contributed by atoms with E-state index in [2.05, 4.69) is 15.1 Å². The zero-order valence-electron chi connectivity index (χ0n) is 7.74. The van der Waals surface area contributed by atoms with E-state index in [9.17, 15) is 4.79 Å². The molecule has 1 N–H and O–H groups in total. The summed E-state index contributed by atoms with van der Waals surface area (Å²) in [6, 6.07) is 4.85. The van der Waals surface area contributed by atoms with Gasteiger partial charge in [-0.05, 0) is 12.1 Å². The Morgan fingerprint density at radius 1 is 1.47 bits per heavy atom. The summed E-state index contributed by atoms with van der Waals surface area (Å²) in [6.07, 6.45) is 2.97. The van der Waals surface area contributed by atoms with Crippen molar-refractivity contribution in [2.24, 2.45) is 0 Å². The van der Waals surface area contributed by atoms with E-state index < -0.39 is 5.97 Å². The number of rotatable bonds is 3. The van der Waals surface area contributed by atoms with Gasteiger partial charge in [0.2, 0.25) is 0 Å².